The van der Waals surface area contributed by atoms with E-state index in [1.165, 1.54) is 6.07 Å². The SMILES string of the molecule is CCCCOC(=O)c1cccc(Nc2nc(C)cc(=O)[nH]2)c1. The van der Waals surface area contributed by atoms with Gasteiger partial charge in [0.1, 0.15) is 0 Å². The third-order valence-corrected chi connectivity index (χ3v) is 2.96. The molecular formula is C16H19N3O3. The summed E-state index contributed by atoms with van der Waals surface area (Å²) in [4.78, 5) is 30.1. The van der Waals surface area contributed by atoms with Gasteiger partial charge in [-0.25, -0.2) is 9.78 Å². The van der Waals surface area contributed by atoms with E-state index in [1.54, 1.807) is 31.2 Å². The monoisotopic (exact) mass is 301 g/mol. The molecule has 2 rings (SSSR count). The summed E-state index contributed by atoms with van der Waals surface area (Å²) in [6.07, 6.45) is 1.82. The van der Waals surface area contributed by atoms with Crippen LogP contribution in [-0.4, -0.2) is 22.5 Å². The number of aromatic amines is 1. The van der Waals surface area contributed by atoms with Crippen molar-refractivity contribution in [1.82, 2.24) is 9.97 Å². The van der Waals surface area contributed by atoms with E-state index in [4.69, 9.17) is 4.74 Å². The maximum Gasteiger partial charge on any atom is 0.338 e. The van der Waals surface area contributed by atoms with Crippen LogP contribution in [0.1, 0.15) is 35.8 Å². The quantitative estimate of drug-likeness (QED) is 0.633. The Hall–Kier alpha value is -2.63. The van der Waals surface area contributed by atoms with Crippen LogP contribution >= 0.6 is 0 Å². The maximum absolute atomic E-state index is 11.9. The number of ether oxygens (including phenoxy) is 1. The second-order valence-corrected chi connectivity index (χ2v) is 4.93. The highest BCUT2D eigenvalue weighted by Gasteiger charge is 2.08. The fourth-order valence-corrected chi connectivity index (χ4v) is 1.89. The number of aryl methyl sites for hydroxylation is 1. The molecule has 0 saturated heterocycles. The molecule has 0 spiro atoms. The van der Waals surface area contributed by atoms with Gasteiger partial charge in [0.25, 0.3) is 5.56 Å². The van der Waals surface area contributed by atoms with Crippen LogP contribution in [-0.2, 0) is 4.74 Å². The Morgan fingerprint density at radius 1 is 1.36 bits per heavy atom. The van der Waals surface area contributed by atoms with Crippen molar-refractivity contribution in [2.24, 2.45) is 0 Å². The van der Waals surface area contributed by atoms with E-state index in [0.717, 1.165) is 12.8 Å². The van der Waals surface area contributed by atoms with Crippen LogP contribution in [0.5, 0.6) is 0 Å². The summed E-state index contributed by atoms with van der Waals surface area (Å²) < 4.78 is 5.17. The third kappa shape index (κ3) is 4.44. The average Bonchev–Trinajstić information content (AvgIpc) is 2.46. The van der Waals surface area contributed by atoms with Gasteiger partial charge in [0, 0.05) is 17.4 Å². The normalized spacial score (nSPS) is 10.3. The van der Waals surface area contributed by atoms with Crippen LogP contribution in [0.2, 0.25) is 0 Å². The van der Waals surface area contributed by atoms with E-state index >= 15 is 0 Å². The molecule has 116 valence electrons. The van der Waals surface area contributed by atoms with Gasteiger partial charge in [-0.3, -0.25) is 9.78 Å². The minimum atomic E-state index is -0.359. The topological polar surface area (TPSA) is 84.1 Å². The number of hydrogen-bond donors (Lipinski definition) is 2. The van der Waals surface area contributed by atoms with Gasteiger partial charge >= 0.3 is 5.97 Å². The van der Waals surface area contributed by atoms with Gasteiger partial charge in [0.05, 0.1) is 12.2 Å². The molecule has 0 fully saturated rings. The number of carbonyl (C=O) groups excluding carboxylic acids is 1. The number of H-pyrrole nitrogens is 1. The first kappa shape index (κ1) is 15.8. The van der Waals surface area contributed by atoms with Crippen molar-refractivity contribution in [3.63, 3.8) is 0 Å². The molecule has 0 amide bonds. The van der Waals surface area contributed by atoms with E-state index in [9.17, 15) is 9.59 Å². The zero-order chi connectivity index (χ0) is 15.9. The fourth-order valence-electron chi connectivity index (χ4n) is 1.89. The van der Waals surface area contributed by atoms with E-state index in [2.05, 4.69) is 15.3 Å². The van der Waals surface area contributed by atoms with Gasteiger partial charge in [-0.15, -0.1) is 0 Å². The standard InChI is InChI=1S/C16H19N3O3/c1-3-4-8-22-15(21)12-6-5-7-13(10-12)18-16-17-11(2)9-14(20)19-16/h5-7,9-10H,3-4,8H2,1-2H3,(H2,17,18,19,20). The molecule has 0 aliphatic carbocycles. The molecule has 1 aromatic carbocycles. The summed E-state index contributed by atoms with van der Waals surface area (Å²) in [5.74, 6) is -0.0238. The molecular weight excluding hydrogens is 282 g/mol. The predicted molar refractivity (Wildman–Crippen MR) is 84.5 cm³/mol. The third-order valence-electron chi connectivity index (χ3n) is 2.96. The second-order valence-electron chi connectivity index (χ2n) is 4.93. The maximum atomic E-state index is 11.9. The smallest absolute Gasteiger partial charge is 0.338 e. The number of benzene rings is 1. The summed E-state index contributed by atoms with van der Waals surface area (Å²) in [6.45, 7) is 4.19. The van der Waals surface area contributed by atoms with Gasteiger partial charge in [-0.1, -0.05) is 19.4 Å². The summed E-state index contributed by atoms with van der Waals surface area (Å²) in [5, 5.41) is 2.97. The Morgan fingerprint density at radius 2 is 2.18 bits per heavy atom. The molecule has 0 aliphatic rings. The number of carbonyl (C=O) groups is 1. The van der Waals surface area contributed by atoms with Crippen molar-refractivity contribution in [3.8, 4) is 0 Å². The van der Waals surface area contributed by atoms with Crippen LogP contribution in [0.25, 0.3) is 0 Å². The highest BCUT2D eigenvalue weighted by Crippen LogP contribution is 2.15. The minimum Gasteiger partial charge on any atom is -0.462 e. The van der Waals surface area contributed by atoms with E-state index in [1.807, 2.05) is 6.92 Å². The number of esters is 1. The Balaban J connectivity index is 2.11. The lowest BCUT2D eigenvalue weighted by Crippen LogP contribution is -2.11. The summed E-state index contributed by atoms with van der Waals surface area (Å²) >= 11 is 0. The van der Waals surface area contributed by atoms with Gasteiger partial charge < -0.3 is 10.1 Å². The van der Waals surface area contributed by atoms with Crippen LogP contribution in [0.15, 0.2) is 35.1 Å². The van der Waals surface area contributed by atoms with Gasteiger partial charge in [0.15, 0.2) is 0 Å². The Morgan fingerprint density at radius 3 is 2.91 bits per heavy atom. The summed E-state index contributed by atoms with van der Waals surface area (Å²) in [6, 6.07) is 8.28. The first-order chi connectivity index (χ1) is 10.6. The zero-order valence-electron chi connectivity index (χ0n) is 12.7. The Kier molecular flexibility index (Phi) is 5.30. The van der Waals surface area contributed by atoms with Crippen LogP contribution in [0, 0.1) is 6.92 Å². The van der Waals surface area contributed by atoms with Gasteiger partial charge in [-0.2, -0.15) is 0 Å². The number of nitrogens with one attached hydrogen (secondary N) is 2. The van der Waals surface area contributed by atoms with Crippen LogP contribution < -0.4 is 10.9 Å². The summed E-state index contributed by atoms with van der Waals surface area (Å²) in [5.41, 5.74) is 1.49. The first-order valence-electron chi connectivity index (χ1n) is 7.20. The number of rotatable bonds is 6. The molecule has 0 aliphatic heterocycles. The number of nitrogens with zero attached hydrogens (tertiary/aromatic N) is 1. The van der Waals surface area contributed by atoms with Crippen molar-refractivity contribution in [2.45, 2.75) is 26.7 Å². The van der Waals surface area contributed by atoms with Crippen LogP contribution in [0.3, 0.4) is 0 Å². The Labute approximate surface area is 128 Å². The van der Waals surface area contributed by atoms with Crippen molar-refractivity contribution in [3.05, 3.63) is 51.9 Å². The highest BCUT2D eigenvalue weighted by molar-refractivity contribution is 5.90. The molecule has 1 heterocycles. The van der Waals surface area contributed by atoms with E-state index < -0.39 is 0 Å². The van der Waals surface area contributed by atoms with Gasteiger partial charge in [-0.05, 0) is 31.5 Å². The molecule has 0 unspecified atom stereocenters. The van der Waals surface area contributed by atoms with Crippen LogP contribution in [0.4, 0.5) is 11.6 Å². The lowest BCUT2D eigenvalue weighted by Gasteiger charge is -2.08. The largest absolute Gasteiger partial charge is 0.462 e. The van der Waals surface area contributed by atoms with E-state index in [0.29, 0.717) is 29.5 Å². The number of anilines is 2. The van der Waals surface area contributed by atoms with Crippen molar-refractivity contribution < 1.29 is 9.53 Å². The molecule has 1 aromatic heterocycles. The minimum absolute atomic E-state index is 0.231. The molecule has 6 nitrogen and oxygen atoms in total. The van der Waals surface area contributed by atoms with Gasteiger partial charge in [0.2, 0.25) is 5.95 Å². The van der Waals surface area contributed by atoms with Crippen molar-refractivity contribution in [1.29, 1.82) is 0 Å². The summed E-state index contributed by atoms with van der Waals surface area (Å²) in [7, 11) is 0. The zero-order valence-corrected chi connectivity index (χ0v) is 12.7. The molecule has 6 heteroatoms. The predicted octanol–water partition coefficient (Wildman–Crippen LogP) is 2.78. The molecule has 2 N–H and O–H groups in total. The Bertz CT molecular complexity index is 710. The fraction of sp³-hybridized carbons (Fsp3) is 0.312. The molecule has 2 aromatic rings. The number of aromatic nitrogens is 2. The molecule has 0 bridgehead atoms. The molecule has 22 heavy (non-hydrogen) atoms. The number of hydrogen-bond acceptors (Lipinski definition) is 5. The van der Waals surface area contributed by atoms with Crippen molar-refractivity contribution >= 4 is 17.6 Å². The molecule has 0 radical (unpaired) electrons. The molecule has 0 atom stereocenters. The lowest BCUT2D eigenvalue weighted by atomic mass is 10.2. The number of unbranched alkanes of at least 4 members (excludes halogenated alkanes) is 1. The van der Waals surface area contributed by atoms with Crippen molar-refractivity contribution in [2.75, 3.05) is 11.9 Å². The first-order valence-corrected chi connectivity index (χ1v) is 7.20. The highest BCUT2D eigenvalue weighted by atomic mass is 16.5. The lowest BCUT2D eigenvalue weighted by molar-refractivity contribution is 0.0500. The van der Waals surface area contributed by atoms with E-state index in [-0.39, 0.29) is 11.5 Å². The second kappa shape index (κ2) is 7.40. The average molecular weight is 301 g/mol. The molecule has 0 saturated carbocycles.